The van der Waals surface area contributed by atoms with Crippen molar-refractivity contribution in [2.45, 2.75) is 20.3 Å². The van der Waals surface area contributed by atoms with Crippen LogP contribution < -0.4 is 21.7 Å². The Morgan fingerprint density at radius 3 is 2.42 bits per heavy atom. The molecule has 7 nitrogen and oxygen atoms in total. The van der Waals surface area contributed by atoms with Crippen molar-refractivity contribution in [1.82, 2.24) is 0 Å². The number of carbonyl (C=O) groups is 3. The van der Waals surface area contributed by atoms with Crippen molar-refractivity contribution in [1.29, 1.82) is 0 Å². The number of nitrogens with one attached hydrogen (secondary N) is 3. The van der Waals surface area contributed by atoms with E-state index in [0.29, 0.717) is 29.0 Å². The number of anilines is 3. The van der Waals surface area contributed by atoms with Crippen LogP contribution in [0.2, 0.25) is 0 Å². The van der Waals surface area contributed by atoms with Gasteiger partial charge in [0, 0.05) is 29.0 Å². The number of amides is 3. The molecule has 7 heteroatoms. The van der Waals surface area contributed by atoms with Gasteiger partial charge in [0.1, 0.15) is 0 Å². The van der Waals surface area contributed by atoms with Gasteiger partial charge in [-0.3, -0.25) is 14.4 Å². The van der Waals surface area contributed by atoms with Gasteiger partial charge < -0.3 is 21.7 Å². The molecule has 0 aliphatic rings. The summed E-state index contributed by atoms with van der Waals surface area (Å²) < 4.78 is 0. The largest absolute Gasteiger partial charge is 0.376 e. The molecule has 0 aliphatic carbocycles. The first-order chi connectivity index (χ1) is 12.4. The predicted octanol–water partition coefficient (Wildman–Crippen LogP) is 2.49. The van der Waals surface area contributed by atoms with E-state index in [1.54, 1.807) is 31.2 Å². The van der Waals surface area contributed by atoms with Gasteiger partial charge in [0.2, 0.25) is 17.7 Å². The van der Waals surface area contributed by atoms with E-state index in [1.165, 1.54) is 6.07 Å². The molecule has 0 bridgehead atoms. The van der Waals surface area contributed by atoms with Crippen molar-refractivity contribution < 1.29 is 14.4 Å². The fraction of sp³-hybridized carbons (Fsp3) is 0.211. The van der Waals surface area contributed by atoms with E-state index in [9.17, 15) is 14.4 Å². The quantitative estimate of drug-likeness (QED) is 0.612. The molecule has 0 radical (unpaired) electrons. The summed E-state index contributed by atoms with van der Waals surface area (Å²) >= 11 is 0. The first kappa shape index (κ1) is 19.0. The fourth-order valence-electron chi connectivity index (χ4n) is 2.24. The molecule has 0 aliphatic heterocycles. The summed E-state index contributed by atoms with van der Waals surface area (Å²) in [6, 6.07) is 11.9. The van der Waals surface area contributed by atoms with Crippen LogP contribution in [0.15, 0.2) is 42.5 Å². The Labute approximate surface area is 152 Å². The first-order valence-electron chi connectivity index (χ1n) is 8.23. The molecule has 2 aromatic rings. The number of rotatable bonds is 7. The van der Waals surface area contributed by atoms with Crippen LogP contribution >= 0.6 is 0 Å². The smallest absolute Gasteiger partial charge is 0.248 e. The molecule has 0 saturated heterocycles. The first-order valence-corrected chi connectivity index (χ1v) is 8.23. The van der Waals surface area contributed by atoms with Crippen molar-refractivity contribution in [2.75, 3.05) is 22.5 Å². The number of primary amides is 1. The summed E-state index contributed by atoms with van der Waals surface area (Å²) in [7, 11) is 0. The highest BCUT2D eigenvalue weighted by atomic mass is 16.2. The van der Waals surface area contributed by atoms with Gasteiger partial charge in [-0.25, -0.2) is 0 Å². The van der Waals surface area contributed by atoms with Gasteiger partial charge in [-0.15, -0.1) is 0 Å². The molecule has 0 spiro atoms. The highest BCUT2D eigenvalue weighted by Gasteiger charge is 2.07. The molecule has 26 heavy (non-hydrogen) atoms. The molecule has 136 valence electrons. The minimum absolute atomic E-state index is 0.0328. The summed E-state index contributed by atoms with van der Waals surface area (Å²) in [6.45, 7) is 3.71. The average Bonchev–Trinajstić information content (AvgIpc) is 2.62. The molecule has 5 N–H and O–H groups in total. The number of nitrogens with two attached hydrogens (primary N) is 1. The van der Waals surface area contributed by atoms with Crippen LogP contribution in [0.5, 0.6) is 0 Å². The minimum atomic E-state index is -0.555. The Balaban J connectivity index is 1.97. The van der Waals surface area contributed by atoms with E-state index >= 15 is 0 Å². The molecule has 0 heterocycles. The summed E-state index contributed by atoms with van der Waals surface area (Å²) in [5.74, 6) is -0.899. The Bertz CT molecular complexity index is 833. The molecular formula is C19H22N4O3. The van der Waals surface area contributed by atoms with E-state index in [4.69, 9.17) is 5.73 Å². The lowest BCUT2D eigenvalue weighted by Crippen LogP contribution is -2.22. The Morgan fingerprint density at radius 2 is 1.73 bits per heavy atom. The van der Waals surface area contributed by atoms with E-state index in [0.717, 1.165) is 5.56 Å². The van der Waals surface area contributed by atoms with E-state index in [2.05, 4.69) is 16.0 Å². The zero-order valence-corrected chi connectivity index (χ0v) is 14.8. The van der Waals surface area contributed by atoms with Crippen LogP contribution in [0.25, 0.3) is 0 Å². The van der Waals surface area contributed by atoms with Crippen LogP contribution in [0.1, 0.15) is 29.3 Å². The van der Waals surface area contributed by atoms with Gasteiger partial charge >= 0.3 is 0 Å². The van der Waals surface area contributed by atoms with Crippen molar-refractivity contribution in [3.05, 3.63) is 53.6 Å². The second-order valence-corrected chi connectivity index (χ2v) is 5.78. The number of carbonyl (C=O) groups excluding carboxylic acids is 3. The van der Waals surface area contributed by atoms with Gasteiger partial charge in [-0.1, -0.05) is 19.1 Å². The standard InChI is InChI=1S/C19H22N4O3/c1-3-17(24)23-16-10-14(8-7-12(16)2)21-11-18(25)22-15-6-4-5-13(9-15)19(20)26/h4-10,21H,3,11H2,1-2H3,(H2,20,26)(H,22,25)(H,23,24). The zero-order valence-electron chi connectivity index (χ0n) is 14.8. The third-order valence-electron chi connectivity index (χ3n) is 3.72. The topological polar surface area (TPSA) is 113 Å². The second kappa shape index (κ2) is 8.66. The third-order valence-corrected chi connectivity index (χ3v) is 3.72. The summed E-state index contributed by atoms with van der Waals surface area (Å²) in [6.07, 6.45) is 0.393. The SMILES string of the molecule is CCC(=O)Nc1cc(NCC(=O)Nc2cccc(C(N)=O)c2)ccc1C. The van der Waals surface area contributed by atoms with Crippen LogP contribution in [-0.2, 0) is 9.59 Å². The van der Waals surface area contributed by atoms with Gasteiger partial charge in [0.15, 0.2) is 0 Å². The lowest BCUT2D eigenvalue weighted by Gasteiger charge is -2.12. The van der Waals surface area contributed by atoms with Crippen molar-refractivity contribution >= 4 is 34.8 Å². The van der Waals surface area contributed by atoms with Gasteiger partial charge in [0.25, 0.3) is 0 Å². The average molecular weight is 354 g/mol. The summed E-state index contributed by atoms with van der Waals surface area (Å²) in [4.78, 5) is 34.8. The highest BCUT2D eigenvalue weighted by Crippen LogP contribution is 2.20. The van der Waals surface area contributed by atoms with Crippen LogP contribution in [-0.4, -0.2) is 24.3 Å². The summed E-state index contributed by atoms with van der Waals surface area (Å²) in [5.41, 5.74) is 8.39. The third kappa shape index (κ3) is 5.34. The summed E-state index contributed by atoms with van der Waals surface area (Å²) in [5, 5.41) is 8.52. The maximum absolute atomic E-state index is 12.1. The molecule has 0 unspecified atom stereocenters. The number of hydrogen-bond acceptors (Lipinski definition) is 4. The Kier molecular flexibility index (Phi) is 6.32. The lowest BCUT2D eigenvalue weighted by atomic mass is 10.1. The van der Waals surface area contributed by atoms with Gasteiger partial charge in [-0.05, 0) is 42.8 Å². The molecule has 3 amide bonds. The molecule has 2 aromatic carbocycles. The van der Waals surface area contributed by atoms with Crippen LogP contribution in [0.3, 0.4) is 0 Å². The van der Waals surface area contributed by atoms with Crippen molar-refractivity contribution in [3.63, 3.8) is 0 Å². The van der Waals surface area contributed by atoms with E-state index in [1.807, 2.05) is 19.1 Å². The number of hydrogen-bond donors (Lipinski definition) is 4. The second-order valence-electron chi connectivity index (χ2n) is 5.78. The van der Waals surface area contributed by atoms with E-state index < -0.39 is 5.91 Å². The highest BCUT2D eigenvalue weighted by molar-refractivity contribution is 5.97. The van der Waals surface area contributed by atoms with Gasteiger partial charge in [0.05, 0.1) is 6.54 Å². The fourth-order valence-corrected chi connectivity index (χ4v) is 2.24. The molecule has 2 rings (SSSR count). The van der Waals surface area contributed by atoms with E-state index in [-0.39, 0.29) is 18.4 Å². The van der Waals surface area contributed by atoms with Gasteiger partial charge in [-0.2, -0.15) is 0 Å². The molecule has 0 saturated carbocycles. The monoisotopic (exact) mass is 354 g/mol. The Hall–Kier alpha value is -3.35. The molecule has 0 atom stereocenters. The Morgan fingerprint density at radius 1 is 0.962 bits per heavy atom. The number of aryl methyl sites for hydroxylation is 1. The molecular weight excluding hydrogens is 332 g/mol. The maximum atomic E-state index is 12.1. The number of benzene rings is 2. The maximum Gasteiger partial charge on any atom is 0.248 e. The van der Waals surface area contributed by atoms with Crippen molar-refractivity contribution in [2.24, 2.45) is 5.73 Å². The normalized spacial score (nSPS) is 10.1. The van der Waals surface area contributed by atoms with Crippen molar-refractivity contribution in [3.8, 4) is 0 Å². The molecule has 0 fully saturated rings. The minimum Gasteiger partial charge on any atom is -0.376 e. The van der Waals surface area contributed by atoms with Crippen LogP contribution in [0, 0.1) is 6.92 Å². The van der Waals surface area contributed by atoms with Crippen LogP contribution in [0.4, 0.5) is 17.1 Å². The zero-order chi connectivity index (χ0) is 19.1. The predicted molar refractivity (Wildman–Crippen MR) is 102 cm³/mol. The molecule has 0 aromatic heterocycles. The lowest BCUT2D eigenvalue weighted by molar-refractivity contribution is -0.116.